The first-order valence-electron chi connectivity index (χ1n) is 15.2. The molecule has 0 radical (unpaired) electrons. The fourth-order valence-corrected chi connectivity index (χ4v) is 6.20. The molecule has 2 aromatic rings. The molecule has 4 N–H and O–H groups in total. The van der Waals surface area contributed by atoms with Gasteiger partial charge in [0.2, 0.25) is 27.7 Å². The van der Waals surface area contributed by atoms with Crippen molar-refractivity contribution in [1.29, 1.82) is 0 Å². The molecule has 14 heteroatoms. The predicted molar refractivity (Wildman–Crippen MR) is 174 cm³/mol. The first-order chi connectivity index (χ1) is 21.3. The van der Waals surface area contributed by atoms with Crippen LogP contribution < -0.4 is 16.0 Å². The van der Waals surface area contributed by atoms with E-state index in [-0.39, 0.29) is 54.4 Å². The van der Waals surface area contributed by atoms with Crippen LogP contribution in [0, 0.1) is 27.4 Å². The third-order valence-electron chi connectivity index (χ3n) is 7.12. The Kier molecular flexibility index (Phi) is 13.8. The summed E-state index contributed by atoms with van der Waals surface area (Å²) >= 11 is 0. The number of aliphatic hydroxyl groups excluding tert-OH is 1. The first-order valence-corrected chi connectivity index (χ1v) is 16.6. The van der Waals surface area contributed by atoms with Crippen LogP contribution in [-0.2, 0) is 30.8 Å². The summed E-state index contributed by atoms with van der Waals surface area (Å²) in [5, 5.41) is 30.7. The maximum atomic E-state index is 13.7. The molecule has 0 heterocycles. The number of aliphatic hydroxyl groups is 1. The first kappa shape index (κ1) is 38.3. The third-order valence-corrected chi connectivity index (χ3v) is 8.96. The van der Waals surface area contributed by atoms with E-state index in [0.717, 1.165) is 34.1 Å². The summed E-state index contributed by atoms with van der Waals surface area (Å²) in [6.07, 6.45) is -1.24. The Bertz CT molecular complexity index is 1440. The molecule has 0 aliphatic heterocycles. The van der Waals surface area contributed by atoms with Gasteiger partial charge in [-0.2, -0.15) is 4.31 Å². The molecule has 0 saturated carbocycles. The molecule has 2 rings (SSSR count). The summed E-state index contributed by atoms with van der Waals surface area (Å²) in [4.78, 5) is 48.7. The smallest absolute Gasteiger partial charge is 0.269 e. The van der Waals surface area contributed by atoms with Crippen molar-refractivity contribution in [2.24, 2.45) is 17.3 Å². The molecular formula is C32H47N5O8S. The largest absolute Gasteiger partial charge is 0.390 e. The molecule has 2 aromatic carbocycles. The van der Waals surface area contributed by atoms with Crippen molar-refractivity contribution in [2.45, 2.75) is 78.0 Å². The van der Waals surface area contributed by atoms with Gasteiger partial charge in [-0.1, -0.05) is 78.8 Å². The topological polar surface area (TPSA) is 188 Å². The van der Waals surface area contributed by atoms with Crippen molar-refractivity contribution < 1.29 is 32.8 Å². The zero-order chi connectivity index (χ0) is 34.8. The van der Waals surface area contributed by atoms with Crippen LogP contribution in [-0.4, -0.2) is 78.3 Å². The third kappa shape index (κ3) is 11.5. The SMILES string of the molecule is CC(C)CN(C[C@@H](O)[C@H](Cc1ccccc1)NC(=O)[C@@H](NC(=O)CNC(=O)C(C)C)C(C)(C)C)S(=O)(=O)c1ccc([N+](=O)[O-])cc1. The maximum absolute atomic E-state index is 13.7. The molecular weight excluding hydrogens is 614 g/mol. The number of amides is 3. The quantitative estimate of drug-likeness (QED) is 0.156. The highest BCUT2D eigenvalue weighted by Crippen LogP contribution is 2.23. The average molecular weight is 662 g/mol. The van der Waals surface area contributed by atoms with Crippen molar-refractivity contribution >= 4 is 33.4 Å². The monoisotopic (exact) mass is 661 g/mol. The number of non-ortho nitro benzene ring substituents is 1. The molecule has 3 amide bonds. The van der Waals surface area contributed by atoms with Crippen LogP contribution in [0.5, 0.6) is 0 Å². The van der Waals surface area contributed by atoms with Gasteiger partial charge < -0.3 is 21.1 Å². The van der Waals surface area contributed by atoms with Gasteiger partial charge in [-0.05, 0) is 35.4 Å². The Labute approximate surface area is 271 Å². The summed E-state index contributed by atoms with van der Waals surface area (Å²) in [6, 6.07) is 11.5. The standard InChI is InChI=1S/C32H47N5O8S/c1-21(2)19-36(46(44,45)25-15-13-24(14-16-25)37(42)43)20-27(38)26(17-23-11-9-8-10-12-23)34-31(41)29(32(5,6)7)35-28(39)18-33-30(40)22(3)4/h8-16,21-22,26-27,29,38H,17-20H2,1-7H3,(H,33,40)(H,34,41)(H,35,39)/t26-,27+,29+/m0/s1. The minimum absolute atomic E-state index is 0.0329. The van der Waals surface area contributed by atoms with E-state index in [4.69, 9.17) is 0 Å². The number of rotatable bonds is 16. The molecule has 0 unspecified atom stereocenters. The fraction of sp³-hybridized carbons (Fsp3) is 0.531. The van der Waals surface area contributed by atoms with E-state index in [0.29, 0.717) is 0 Å². The van der Waals surface area contributed by atoms with E-state index < -0.39 is 50.4 Å². The fourth-order valence-electron chi connectivity index (χ4n) is 4.58. The summed E-state index contributed by atoms with van der Waals surface area (Å²) in [7, 11) is -4.20. The van der Waals surface area contributed by atoms with Crippen LogP contribution in [0.2, 0.25) is 0 Å². The lowest BCUT2D eigenvalue weighted by Gasteiger charge is -2.34. The summed E-state index contributed by atoms with van der Waals surface area (Å²) in [5.41, 5.74) is -0.261. The van der Waals surface area contributed by atoms with Crippen LogP contribution in [0.3, 0.4) is 0 Å². The van der Waals surface area contributed by atoms with Crippen LogP contribution in [0.25, 0.3) is 0 Å². The highest BCUT2D eigenvalue weighted by atomic mass is 32.2. The highest BCUT2D eigenvalue weighted by Gasteiger charge is 2.36. The minimum atomic E-state index is -4.20. The molecule has 13 nitrogen and oxygen atoms in total. The Morgan fingerprint density at radius 1 is 0.913 bits per heavy atom. The van der Waals surface area contributed by atoms with Gasteiger partial charge in [0.15, 0.2) is 0 Å². The van der Waals surface area contributed by atoms with E-state index in [1.165, 1.54) is 0 Å². The van der Waals surface area contributed by atoms with Crippen LogP contribution in [0.1, 0.15) is 54.0 Å². The number of nitrogens with one attached hydrogen (secondary N) is 3. The van der Waals surface area contributed by atoms with Crippen molar-refractivity contribution in [3.63, 3.8) is 0 Å². The van der Waals surface area contributed by atoms with Gasteiger partial charge in [0.25, 0.3) is 5.69 Å². The van der Waals surface area contributed by atoms with Gasteiger partial charge in [-0.25, -0.2) is 8.42 Å². The van der Waals surface area contributed by atoms with Crippen molar-refractivity contribution in [2.75, 3.05) is 19.6 Å². The van der Waals surface area contributed by atoms with E-state index in [1.54, 1.807) is 46.8 Å². The van der Waals surface area contributed by atoms with Gasteiger partial charge in [-0.3, -0.25) is 24.5 Å². The van der Waals surface area contributed by atoms with E-state index in [9.17, 15) is 38.0 Å². The molecule has 0 aliphatic rings. The van der Waals surface area contributed by atoms with Gasteiger partial charge in [0, 0.05) is 31.1 Å². The number of hydrogen-bond donors (Lipinski definition) is 4. The van der Waals surface area contributed by atoms with Crippen LogP contribution in [0.15, 0.2) is 59.5 Å². The molecule has 0 aromatic heterocycles. The Morgan fingerprint density at radius 2 is 1.50 bits per heavy atom. The van der Waals surface area contributed by atoms with Gasteiger partial charge in [0.1, 0.15) is 6.04 Å². The Morgan fingerprint density at radius 3 is 2.00 bits per heavy atom. The zero-order valence-corrected chi connectivity index (χ0v) is 28.3. The number of carbonyl (C=O) groups excluding carboxylic acids is 3. The molecule has 46 heavy (non-hydrogen) atoms. The number of nitrogens with zero attached hydrogens (tertiary/aromatic N) is 2. The Balaban J connectivity index is 2.38. The molecule has 0 bridgehead atoms. The number of nitro benzene ring substituents is 1. The molecule has 0 spiro atoms. The van der Waals surface area contributed by atoms with E-state index >= 15 is 0 Å². The lowest BCUT2D eigenvalue weighted by Crippen LogP contribution is -2.59. The number of carbonyl (C=O) groups is 3. The van der Waals surface area contributed by atoms with E-state index in [1.807, 2.05) is 32.0 Å². The summed E-state index contributed by atoms with van der Waals surface area (Å²) in [6.45, 7) is 11.6. The minimum Gasteiger partial charge on any atom is -0.390 e. The zero-order valence-electron chi connectivity index (χ0n) is 27.5. The van der Waals surface area contributed by atoms with E-state index in [2.05, 4.69) is 16.0 Å². The van der Waals surface area contributed by atoms with Gasteiger partial charge >= 0.3 is 0 Å². The highest BCUT2D eigenvalue weighted by molar-refractivity contribution is 7.89. The van der Waals surface area contributed by atoms with Crippen molar-refractivity contribution in [3.05, 3.63) is 70.3 Å². The molecule has 254 valence electrons. The number of nitro groups is 1. The lowest BCUT2D eigenvalue weighted by atomic mass is 9.85. The second-order valence-electron chi connectivity index (χ2n) is 13.1. The summed E-state index contributed by atoms with van der Waals surface area (Å²) in [5.74, 6) is -1.94. The molecule has 0 saturated heterocycles. The number of benzene rings is 2. The maximum Gasteiger partial charge on any atom is 0.269 e. The molecule has 0 fully saturated rings. The van der Waals surface area contributed by atoms with Gasteiger partial charge in [0.05, 0.1) is 28.5 Å². The molecule has 3 atom stereocenters. The van der Waals surface area contributed by atoms with Crippen molar-refractivity contribution in [3.8, 4) is 0 Å². The average Bonchev–Trinajstić information content (AvgIpc) is 2.97. The van der Waals surface area contributed by atoms with Crippen molar-refractivity contribution in [1.82, 2.24) is 20.3 Å². The predicted octanol–water partition coefficient (Wildman–Crippen LogP) is 2.63. The van der Waals surface area contributed by atoms with Crippen LogP contribution >= 0.6 is 0 Å². The number of hydrogen-bond acceptors (Lipinski definition) is 8. The summed E-state index contributed by atoms with van der Waals surface area (Å²) < 4.78 is 28.5. The second-order valence-corrected chi connectivity index (χ2v) is 15.0. The van der Waals surface area contributed by atoms with Gasteiger partial charge in [-0.15, -0.1) is 0 Å². The van der Waals surface area contributed by atoms with Crippen LogP contribution in [0.4, 0.5) is 5.69 Å². The number of sulfonamides is 1. The second kappa shape index (κ2) is 16.6. The molecule has 0 aliphatic carbocycles. The Hall–Kier alpha value is -3.88. The normalized spacial score (nSPS) is 14.1. The lowest BCUT2D eigenvalue weighted by molar-refractivity contribution is -0.384.